The number of aliphatic carboxylic acids is 1. The van der Waals surface area contributed by atoms with E-state index in [1.807, 2.05) is 11.6 Å². The van der Waals surface area contributed by atoms with Crippen LogP contribution in [0.4, 0.5) is 0 Å². The van der Waals surface area contributed by atoms with Crippen molar-refractivity contribution < 1.29 is 24.2 Å². The molecule has 6 rings (SSSR count). The summed E-state index contributed by atoms with van der Waals surface area (Å²) in [6.07, 6.45) is 9.85. The summed E-state index contributed by atoms with van der Waals surface area (Å²) in [5.74, 6) is 0.397. The molecule has 4 aliphatic carbocycles. The summed E-state index contributed by atoms with van der Waals surface area (Å²) in [5, 5.41) is 19.0. The first-order valence-electron chi connectivity index (χ1n) is 20.8. The summed E-state index contributed by atoms with van der Waals surface area (Å²) in [6.45, 7) is 28.0. The molecule has 1 aliphatic heterocycles. The fourth-order valence-corrected chi connectivity index (χ4v) is 12.6. The van der Waals surface area contributed by atoms with Crippen LogP contribution in [0.2, 0.25) is 0 Å². The summed E-state index contributed by atoms with van der Waals surface area (Å²) < 4.78 is 15.7. The van der Waals surface area contributed by atoms with E-state index in [0.29, 0.717) is 38.0 Å². The van der Waals surface area contributed by atoms with Gasteiger partial charge in [0, 0.05) is 22.4 Å². The van der Waals surface area contributed by atoms with Crippen molar-refractivity contribution in [1.29, 1.82) is 0 Å². The molecule has 2 heterocycles. The molecule has 298 valence electrons. The molecule has 5 aliphatic rings. The first kappa shape index (κ1) is 40.4. The Morgan fingerprint density at radius 3 is 2.42 bits per heavy atom. The minimum Gasteiger partial charge on any atom is -0.481 e. The van der Waals surface area contributed by atoms with Gasteiger partial charge in [0.2, 0.25) is 5.82 Å². The summed E-state index contributed by atoms with van der Waals surface area (Å²) in [7, 11) is 0. The molecule has 1 amide bonds. The predicted molar refractivity (Wildman–Crippen MR) is 207 cm³/mol. The molecule has 0 spiro atoms. The number of nitrogens with two attached hydrogens (primary N) is 1. The molecule has 1 aromatic rings. The van der Waals surface area contributed by atoms with Crippen LogP contribution in [0.3, 0.4) is 0 Å². The van der Waals surface area contributed by atoms with E-state index in [0.717, 1.165) is 38.5 Å². The van der Waals surface area contributed by atoms with Crippen molar-refractivity contribution in [3.63, 3.8) is 0 Å². The lowest BCUT2D eigenvalue weighted by Gasteiger charge is -2.71. The van der Waals surface area contributed by atoms with Crippen LogP contribution in [-0.2, 0) is 14.3 Å². The Hall–Kier alpha value is -2.30. The normalized spacial score (nSPS) is 41.7. The molecule has 2 bridgehead atoms. The summed E-state index contributed by atoms with van der Waals surface area (Å²) in [6, 6.07) is -0.280. The summed E-state index contributed by atoms with van der Waals surface area (Å²) in [4.78, 5) is 31.9. The van der Waals surface area contributed by atoms with Gasteiger partial charge >= 0.3 is 5.97 Å². The van der Waals surface area contributed by atoms with Gasteiger partial charge in [-0.15, -0.1) is 0 Å². The number of hydrogen-bond acceptors (Lipinski definition) is 7. The quantitative estimate of drug-likeness (QED) is 0.196. The van der Waals surface area contributed by atoms with Crippen LogP contribution in [0.25, 0.3) is 0 Å². The third-order valence-electron chi connectivity index (χ3n) is 17.1. The smallest absolute Gasteiger partial charge is 0.307 e. The second kappa shape index (κ2) is 13.7. The molecule has 0 unspecified atom stereocenters. The second-order valence-electron chi connectivity index (χ2n) is 20.3. The Morgan fingerprint density at radius 2 is 1.79 bits per heavy atom. The van der Waals surface area contributed by atoms with Crippen LogP contribution in [0, 0.1) is 62.6 Å². The van der Waals surface area contributed by atoms with E-state index < -0.39 is 22.8 Å². The Morgan fingerprint density at radius 1 is 1.09 bits per heavy atom. The SMILES string of the molecule is CC[C@@H](C)NC(=O)c1ncnn1[C@@H]1C[C@@]23COC[C@](C)([C@@H]2CC[C@H]2C3=CC[C@@]3(C)[C@H](C(=O)O)[C@@](C)([C@H](C)C(C)C)CC[C@]23C)[C@H]1OC[C@](C)(N)C(C)C. The van der Waals surface area contributed by atoms with Crippen molar-refractivity contribution in [3.05, 3.63) is 23.8 Å². The lowest BCUT2D eigenvalue weighted by Crippen LogP contribution is -2.69. The van der Waals surface area contributed by atoms with E-state index in [9.17, 15) is 14.7 Å². The Bertz CT molecular complexity index is 1590. The second-order valence-corrected chi connectivity index (χ2v) is 20.3. The molecule has 0 radical (unpaired) electrons. The van der Waals surface area contributed by atoms with Gasteiger partial charge in [0.05, 0.1) is 37.9 Å². The topological polar surface area (TPSA) is 142 Å². The molecule has 53 heavy (non-hydrogen) atoms. The first-order chi connectivity index (χ1) is 24.6. The van der Waals surface area contributed by atoms with Gasteiger partial charge in [-0.2, -0.15) is 5.10 Å². The monoisotopic (exact) mass is 738 g/mol. The molecule has 4 fully saturated rings. The lowest BCUT2D eigenvalue weighted by molar-refractivity contribution is -0.252. The zero-order valence-electron chi connectivity index (χ0n) is 34.9. The van der Waals surface area contributed by atoms with Crippen LogP contribution < -0.4 is 11.1 Å². The molecular formula is C43H71N5O5. The van der Waals surface area contributed by atoms with Crippen LogP contribution in [0.15, 0.2) is 18.0 Å². The Labute approximate surface area is 319 Å². The number of carbonyl (C=O) groups excluding carboxylic acids is 1. The number of amides is 1. The predicted octanol–water partition coefficient (Wildman–Crippen LogP) is 7.69. The number of carbonyl (C=O) groups is 2. The van der Waals surface area contributed by atoms with E-state index in [-0.39, 0.29) is 69.4 Å². The van der Waals surface area contributed by atoms with Crippen LogP contribution in [0.1, 0.15) is 145 Å². The van der Waals surface area contributed by atoms with Gasteiger partial charge in [0.25, 0.3) is 5.91 Å². The van der Waals surface area contributed by atoms with E-state index in [1.54, 1.807) is 0 Å². The standard InChI is InChI=1S/C43H71N5O5/c1-13-27(6)47-36(49)35-45-24-46-48(35)31-20-43-23-52-21-39(9,34(31)53-22-42(12,44)26(4)5)32(43)15-14-29-30(43)16-17-41(11)33(37(50)51)38(8,28(7)25(2)3)18-19-40(29,41)10/h16,24-29,31-34H,13-15,17-23,44H2,1-12H3,(H,47,49)(H,50,51)/t27-,28-,29+,31-,32+,33-,34+,38-,39-,40-,41+,42+,43+/m1/s1. The number of fused-ring (bicyclic) bond motifs is 3. The number of carboxylic acid groups (broad SMARTS) is 1. The molecule has 10 heteroatoms. The molecular weight excluding hydrogens is 667 g/mol. The Kier molecular flexibility index (Phi) is 10.4. The van der Waals surface area contributed by atoms with Crippen molar-refractivity contribution in [2.45, 2.75) is 152 Å². The van der Waals surface area contributed by atoms with Crippen molar-refractivity contribution >= 4 is 11.9 Å². The molecule has 4 N–H and O–H groups in total. The number of hydrogen-bond donors (Lipinski definition) is 3. The fraction of sp³-hybridized carbons (Fsp3) is 0.860. The fourth-order valence-electron chi connectivity index (χ4n) is 12.6. The zero-order valence-corrected chi connectivity index (χ0v) is 34.9. The number of carboxylic acids is 1. The van der Waals surface area contributed by atoms with Crippen molar-refractivity contribution in [2.75, 3.05) is 19.8 Å². The third kappa shape index (κ3) is 5.96. The summed E-state index contributed by atoms with van der Waals surface area (Å²) in [5.41, 5.74) is 6.16. The van der Waals surface area contributed by atoms with Crippen LogP contribution >= 0.6 is 0 Å². The Balaban J connectivity index is 1.47. The van der Waals surface area contributed by atoms with E-state index in [2.05, 4.69) is 92.5 Å². The minimum atomic E-state index is -0.647. The molecule has 13 atom stereocenters. The maximum absolute atomic E-state index is 13.8. The van der Waals surface area contributed by atoms with Crippen LogP contribution in [-0.4, -0.2) is 69.3 Å². The van der Waals surface area contributed by atoms with Gasteiger partial charge in [0.15, 0.2) is 0 Å². The molecule has 0 aromatic carbocycles. The van der Waals surface area contributed by atoms with Gasteiger partial charge in [-0.25, -0.2) is 9.67 Å². The van der Waals surface area contributed by atoms with Gasteiger partial charge in [-0.3, -0.25) is 9.59 Å². The molecule has 3 saturated carbocycles. The lowest BCUT2D eigenvalue weighted by atomic mass is 9.34. The average Bonchev–Trinajstić information content (AvgIpc) is 3.57. The zero-order chi connectivity index (χ0) is 39.1. The van der Waals surface area contributed by atoms with Gasteiger partial charge in [-0.1, -0.05) is 80.9 Å². The minimum absolute atomic E-state index is 0.000342. The highest BCUT2D eigenvalue weighted by Gasteiger charge is 2.72. The van der Waals surface area contributed by atoms with Gasteiger partial charge in [-0.05, 0) is 105 Å². The molecule has 1 saturated heterocycles. The number of allylic oxidation sites excluding steroid dienone is 1. The average molecular weight is 738 g/mol. The number of nitrogens with zero attached hydrogens (tertiary/aromatic N) is 3. The van der Waals surface area contributed by atoms with E-state index in [1.165, 1.54) is 11.9 Å². The molecule has 10 nitrogen and oxygen atoms in total. The highest BCUT2D eigenvalue weighted by molar-refractivity contribution is 5.90. The van der Waals surface area contributed by atoms with Gasteiger partial charge in [0.1, 0.15) is 6.33 Å². The van der Waals surface area contributed by atoms with Crippen molar-refractivity contribution in [3.8, 4) is 0 Å². The number of aromatic nitrogens is 3. The van der Waals surface area contributed by atoms with Crippen molar-refractivity contribution in [1.82, 2.24) is 20.1 Å². The highest BCUT2D eigenvalue weighted by atomic mass is 16.5. The maximum atomic E-state index is 13.8. The third-order valence-corrected chi connectivity index (χ3v) is 17.1. The van der Waals surface area contributed by atoms with E-state index in [4.69, 9.17) is 20.3 Å². The largest absolute Gasteiger partial charge is 0.481 e. The first-order valence-corrected chi connectivity index (χ1v) is 20.8. The summed E-state index contributed by atoms with van der Waals surface area (Å²) >= 11 is 0. The maximum Gasteiger partial charge on any atom is 0.307 e. The van der Waals surface area contributed by atoms with E-state index >= 15 is 0 Å². The number of ether oxygens (including phenoxy) is 2. The number of rotatable bonds is 11. The number of nitrogens with one attached hydrogen (secondary N) is 1. The molecule has 1 aromatic heterocycles. The van der Waals surface area contributed by atoms with Crippen molar-refractivity contribution in [2.24, 2.45) is 68.3 Å². The highest BCUT2D eigenvalue weighted by Crippen LogP contribution is 2.75. The van der Waals surface area contributed by atoms with Gasteiger partial charge < -0.3 is 25.6 Å². The van der Waals surface area contributed by atoms with Crippen LogP contribution in [0.5, 0.6) is 0 Å².